The van der Waals surface area contributed by atoms with E-state index in [0.717, 1.165) is 56.7 Å². The van der Waals surface area contributed by atoms with Crippen LogP contribution in [0.5, 0.6) is 0 Å². The maximum Gasteiger partial charge on any atom is 0.143 e. The minimum Gasteiger partial charge on any atom is -0.455 e. The fourth-order valence-electron chi connectivity index (χ4n) is 16.8. The zero-order valence-electron chi connectivity index (χ0n) is 32.9. The Morgan fingerprint density at radius 2 is 1.15 bits per heavy atom. The first kappa shape index (κ1) is 31.1. The van der Waals surface area contributed by atoms with Gasteiger partial charge in [-0.1, -0.05) is 42.5 Å². The lowest BCUT2D eigenvalue weighted by Gasteiger charge is -2.48. The highest BCUT2D eigenvalue weighted by Crippen LogP contribution is 2.77. The van der Waals surface area contributed by atoms with Gasteiger partial charge in [-0.15, -0.1) is 0 Å². The van der Waals surface area contributed by atoms with Crippen LogP contribution in [0.1, 0.15) is 121 Å². The van der Waals surface area contributed by atoms with E-state index < -0.39 is 0 Å². The molecule has 0 saturated heterocycles. The Morgan fingerprint density at radius 1 is 0.559 bits per heavy atom. The van der Waals surface area contributed by atoms with Crippen LogP contribution in [0.3, 0.4) is 0 Å². The molecule has 7 unspecified atom stereocenters. The monoisotopic (exact) mass is 759 g/mol. The van der Waals surface area contributed by atoms with Crippen LogP contribution in [-0.4, -0.2) is 4.40 Å². The molecule has 9 aromatic rings. The van der Waals surface area contributed by atoms with Crippen molar-refractivity contribution in [3.63, 3.8) is 0 Å². The van der Waals surface area contributed by atoms with E-state index in [0.29, 0.717) is 29.1 Å². The van der Waals surface area contributed by atoms with Crippen LogP contribution in [0.15, 0.2) is 83.3 Å². The number of furan rings is 1. The molecule has 8 aliphatic rings. The Bertz CT molecular complexity index is 3550. The largest absolute Gasteiger partial charge is 0.455 e. The van der Waals surface area contributed by atoms with Gasteiger partial charge in [-0.05, 0) is 192 Å². The SMILES string of the molecule is N#Cc1cc2c(c3c1C1CC4CC(C1)CC3C4)c1cc(-c3c4ccccc4cc4c3oc3ccccc34)cc3c4c5c(c(C#N)cc4n2c13)C1CC2CC3CC5CC23C1. The molecule has 8 aliphatic carbocycles. The lowest BCUT2D eigenvalue weighted by molar-refractivity contribution is 0.00322. The Balaban J connectivity index is 1.13. The minimum absolute atomic E-state index is 0.460. The molecule has 7 bridgehead atoms. The first-order valence-electron chi connectivity index (χ1n) is 22.6. The Hall–Kier alpha value is -5.84. The van der Waals surface area contributed by atoms with E-state index in [-0.39, 0.29) is 0 Å². The van der Waals surface area contributed by atoms with E-state index in [1.54, 1.807) is 0 Å². The molecule has 0 aliphatic heterocycles. The Labute approximate surface area is 341 Å². The summed E-state index contributed by atoms with van der Waals surface area (Å²) in [7, 11) is 0. The van der Waals surface area contributed by atoms with E-state index in [1.165, 1.54) is 146 Å². The number of rotatable bonds is 1. The molecule has 3 heterocycles. The van der Waals surface area contributed by atoms with Crippen molar-refractivity contribution in [2.75, 3.05) is 0 Å². The summed E-state index contributed by atoms with van der Waals surface area (Å²) in [6.45, 7) is 0. The van der Waals surface area contributed by atoms with Gasteiger partial charge in [0.15, 0.2) is 0 Å². The number of hydrogen-bond donors (Lipinski definition) is 0. The molecule has 5 fully saturated rings. The summed E-state index contributed by atoms with van der Waals surface area (Å²) in [5, 5.41) is 32.3. The van der Waals surface area contributed by atoms with Crippen molar-refractivity contribution >= 4 is 70.8 Å². The predicted octanol–water partition coefficient (Wildman–Crippen LogP) is 14.1. The van der Waals surface area contributed by atoms with Crippen LogP contribution in [0.25, 0.3) is 81.9 Å². The lowest BCUT2D eigenvalue weighted by atomic mass is 9.56. The summed E-state index contributed by atoms with van der Waals surface area (Å²) in [5.74, 6) is 5.07. The average molecular weight is 760 g/mol. The molecule has 5 saturated carbocycles. The van der Waals surface area contributed by atoms with Crippen LogP contribution in [0, 0.1) is 51.7 Å². The van der Waals surface area contributed by atoms with Crippen LogP contribution in [0.4, 0.5) is 0 Å². The molecule has 7 atom stereocenters. The van der Waals surface area contributed by atoms with Gasteiger partial charge < -0.3 is 8.82 Å². The second-order valence-electron chi connectivity index (χ2n) is 20.7. The highest BCUT2D eigenvalue weighted by atomic mass is 16.3. The molecule has 17 rings (SSSR count). The topological polar surface area (TPSA) is 65.1 Å². The Morgan fingerprint density at radius 3 is 1.85 bits per heavy atom. The summed E-state index contributed by atoms with van der Waals surface area (Å²) in [5.41, 5.74) is 15.9. The fraction of sp³-hybridized carbons (Fsp3) is 0.345. The fourth-order valence-corrected chi connectivity index (χ4v) is 16.8. The van der Waals surface area contributed by atoms with E-state index in [4.69, 9.17) is 4.42 Å². The van der Waals surface area contributed by atoms with Crippen molar-refractivity contribution in [1.82, 2.24) is 4.40 Å². The van der Waals surface area contributed by atoms with Gasteiger partial charge in [0.05, 0.1) is 39.8 Å². The number of nitriles is 2. The Kier molecular flexibility index (Phi) is 5.34. The second-order valence-corrected chi connectivity index (χ2v) is 20.7. The summed E-state index contributed by atoms with van der Waals surface area (Å²) in [6, 6.07) is 34.9. The third-order valence-corrected chi connectivity index (χ3v) is 18.4. The first-order chi connectivity index (χ1) is 29.1. The van der Waals surface area contributed by atoms with Gasteiger partial charge in [0.25, 0.3) is 0 Å². The summed E-state index contributed by atoms with van der Waals surface area (Å²) in [6.07, 6.45) is 12.7. The van der Waals surface area contributed by atoms with Crippen LogP contribution in [-0.2, 0) is 0 Å². The highest BCUT2D eigenvalue weighted by Gasteiger charge is 2.66. The molecule has 3 aromatic heterocycles. The number of hydrogen-bond acceptors (Lipinski definition) is 3. The molecule has 0 amide bonds. The molecule has 6 aromatic carbocycles. The highest BCUT2D eigenvalue weighted by molar-refractivity contribution is 6.28. The predicted molar refractivity (Wildman–Crippen MR) is 234 cm³/mol. The minimum atomic E-state index is 0.460. The van der Waals surface area contributed by atoms with Gasteiger partial charge in [-0.3, -0.25) is 0 Å². The molecule has 59 heavy (non-hydrogen) atoms. The van der Waals surface area contributed by atoms with E-state index in [2.05, 4.69) is 95.4 Å². The van der Waals surface area contributed by atoms with Crippen LogP contribution in [0.2, 0.25) is 0 Å². The van der Waals surface area contributed by atoms with Gasteiger partial charge in [0.1, 0.15) is 11.2 Å². The van der Waals surface area contributed by atoms with Gasteiger partial charge in [0, 0.05) is 37.9 Å². The van der Waals surface area contributed by atoms with E-state index in [1.807, 2.05) is 0 Å². The van der Waals surface area contributed by atoms with Crippen molar-refractivity contribution in [3.05, 3.63) is 112 Å². The number of para-hydroxylation sites is 1. The van der Waals surface area contributed by atoms with Gasteiger partial charge in [-0.25, -0.2) is 0 Å². The van der Waals surface area contributed by atoms with Crippen molar-refractivity contribution in [3.8, 4) is 23.3 Å². The lowest BCUT2D eigenvalue weighted by Crippen LogP contribution is -2.41. The van der Waals surface area contributed by atoms with Gasteiger partial charge >= 0.3 is 0 Å². The zero-order valence-corrected chi connectivity index (χ0v) is 32.9. The van der Waals surface area contributed by atoms with E-state index in [9.17, 15) is 10.5 Å². The standard InChI is InChI=1S/C55H41N3O/c56-24-34-19-43-51(49-30-12-26-9-27(13-30)11-29(10-26)46(34)49)41-17-31(48-38-6-2-1-5-28(38)16-40-39-7-3-4-8-45(39)59-54(40)48)18-42-52-44(58(43)53(41)42)20-35(25-57)47-32-14-36-21-37-15-33(50(47)52)23-55(36,37)22-32/h1-8,16-20,26-27,29-30,32-33,36-37H,9-15,21-23H2. The van der Waals surface area contributed by atoms with Gasteiger partial charge in [-0.2, -0.15) is 10.5 Å². The van der Waals surface area contributed by atoms with Crippen LogP contribution < -0.4 is 0 Å². The van der Waals surface area contributed by atoms with Crippen molar-refractivity contribution in [2.24, 2.45) is 29.1 Å². The molecular weight excluding hydrogens is 719 g/mol. The molecular formula is C55H41N3O. The zero-order chi connectivity index (χ0) is 38.2. The van der Waals surface area contributed by atoms with Gasteiger partial charge in [0.2, 0.25) is 0 Å². The maximum absolute atomic E-state index is 11.1. The quantitative estimate of drug-likeness (QED) is 0.167. The average Bonchev–Trinajstić information content (AvgIpc) is 3.99. The first-order valence-corrected chi connectivity index (χ1v) is 22.6. The normalized spacial score (nSPS) is 30.7. The van der Waals surface area contributed by atoms with Crippen molar-refractivity contribution in [2.45, 2.75) is 87.9 Å². The summed E-state index contributed by atoms with van der Waals surface area (Å²) in [4.78, 5) is 0. The molecule has 0 radical (unpaired) electrons. The number of nitrogens with zero attached hydrogens (tertiary/aromatic N) is 3. The smallest absolute Gasteiger partial charge is 0.143 e. The molecule has 4 nitrogen and oxygen atoms in total. The molecule has 282 valence electrons. The summed E-state index contributed by atoms with van der Waals surface area (Å²) >= 11 is 0. The third-order valence-electron chi connectivity index (χ3n) is 18.4. The number of fused-ring (bicyclic) bond motifs is 16. The molecule has 0 N–H and O–H groups in total. The molecule has 4 heteroatoms. The third kappa shape index (κ3) is 3.48. The maximum atomic E-state index is 11.1. The van der Waals surface area contributed by atoms with Crippen molar-refractivity contribution in [1.29, 1.82) is 10.5 Å². The number of aromatic nitrogens is 1. The van der Waals surface area contributed by atoms with Crippen molar-refractivity contribution < 1.29 is 4.42 Å². The summed E-state index contributed by atoms with van der Waals surface area (Å²) < 4.78 is 9.49. The number of benzene rings is 6. The molecule has 1 spiro atoms. The van der Waals surface area contributed by atoms with E-state index >= 15 is 0 Å². The van der Waals surface area contributed by atoms with Crippen LogP contribution >= 0.6 is 0 Å². The second kappa shape index (κ2) is 10.1.